The van der Waals surface area contributed by atoms with Crippen LogP contribution in [0.2, 0.25) is 0 Å². The number of ether oxygens (including phenoxy) is 2. The highest BCUT2D eigenvalue weighted by atomic mass is 16.6. The Bertz CT molecular complexity index is 359. The average molecular weight is 268 g/mol. The molecule has 4 unspecified atom stereocenters. The maximum Gasteiger partial charge on any atom is 0.332 e. The normalized spacial score (nSPS) is 32.5. The lowest BCUT2D eigenvalue weighted by molar-refractivity contribution is -0.143. The predicted molar refractivity (Wildman–Crippen MR) is 72.4 cm³/mol. The molecule has 108 valence electrons. The first-order chi connectivity index (χ1) is 9.02. The maximum atomic E-state index is 11.1. The Kier molecular flexibility index (Phi) is 5.58. The lowest BCUT2D eigenvalue weighted by Crippen LogP contribution is -2.15. The van der Waals surface area contributed by atoms with Crippen molar-refractivity contribution in [3.63, 3.8) is 0 Å². The first-order valence-corrected chi connectivity index (χ1v) is 6.97. The fourth-order valence-electron chi connectivity index (χ4n) is 3.10. The number of esters is 2. The van der Waals surface area contributed by atoms with Gasteiger partial charge in [0.1, 0.15) is 6.10 Å². The Balaban J connectivity index is 0.000000180. The van der Waals surface area contributed by atoms with E-state index in [4.69, 9.17) is 4.74 Å². The van der Waals surface area contributed by atoms with E-state index < -0.39 is 0 Å². The van der Waals surface area contributed by atoms with Gasteiger partial charge in [-0.25, -0.2) is 4.79 Å². The molecule has 19 heavy (non-hydrogen) atoms. The molecule has 0 amide bonds. The Morgan fingerprint density at radius 3 is 2.26 bits per heavy atom. The van der Waals surface area contributed by atoms with E-state index in [1.165, 1.54) is 13.5 Å². The van der Waals surface area contributed by atoms with Gasteiger partial charge in [-0.2, -0.15) is 0 Å². The van der Waals surface area contributed by atoms with E-state index in [9.17, 15) is 9.59 Å². The van der Waals surface area contributed by atoms with E-state index in [2.05, 4.69) is 11.3 Å². The Morgan fingerprint density at radius 2 is 1.95 bits per heavy atom. The number of rotatable bonds is 1. The summed E-state index contributed by atoms with van der Waals surface area (Å²) in [6.07, 6.45) is 3.88. The zero-order valence-corrected chi connectivity index (χ0v) is 12.3. The number of hydrogen-bond donors (Lipinski definition) is 0. The minimum atomic E-state index is -0.347. The van der Waals surface area contributed by atoms with Crippen LogP contribution in [0.25, 0.3) is 0 Å². The van der Waals surface area contributed by atoms with Gasteiger partial charge in [0.15, 0.2) is 0 Å². The van der Waals surface area contributed by atoms with Gasteiger partial charge in [-0.3, -0.25) is 4.79 Å². The molecule has 4 heteroatoms. The molecular weight excluding hydrogens is 244 g/mol. The van der Waals surface area contributed by atoms with Gasteiger partial charge in [-0.05, 0) is 32.1 Å². The van der Waals surface area contributed by atoms with Crippen molar-refractivity contribution in [1.82, 2.24) is 0 Å². The maximum absolute atomic E-state index is 11.1. The number of fused-ring (bicyclic) bond motifs is 1. The van der Waals surface area contributed by atoms with Crippen LogP contribution in [0.5, 0.6) is 0 Å². The molecule has 0 aromatic heterocycles. The summed E-state index contributed by atoms with van der Waals surface area (Å²) in [4.78, 5) is 21.3. The molecule has 0 aromatic carbocycles. The van der Waals surface area contributed by atoms with E-state index in [0.717, 1.165) is 18.8 Å². The van der Waals surface area contributed by atoms with Crippen LogP contribution in [0.1, 0.15) is 40.0 Å². The van der Waals surface area contributed by atoms with Crippen molar-refractivity contribution in [3.8, 4) is 0 Å². The molecule has 4 atom stereocenters. The van der Waals surface area contributed by atoms with Crippen molar-refractivity contribution in [2.24, 2.45) is 17.8 Å². The molecule has 3 fully saturated rings. The van der Waals surface area contributed by atoms with Crippen LogP contribution in [-0.2, 0) is 19.1 Å². The molecule has 0 N–H and O–H groups in total. The first kappa shape index (κ1) is 15.7. The largest absolute Gasteiger partial charge is 0.466 e. The second-order valence-corrected chi connectivity index (χ2v) is 5.09. The lowest BCUT2D eigenvalue weighted by atomic mass is 9.90. The van der Waals surface area contributed by atoms with Gasteiger partial charge >= 0.3 is 11.9 Å². The number of methoxy groups -OCH3 is 1. The van der Waals surface area contributed by atoms with E-state index in [-0.39, 0.29) is 11.9 Å². The second kappa shape index (κ2) is 6.73. The molecule has 1 heterocycles. The van der Waals surface area contributed by atoms with Gasteiger partial charge in [0.25, 0.3) is 0 Å². The van der Waals surface area contributed by atoms with E-state index in [0.29, 0.717) is 23.5 Å². The fraction of sp³-hybridized carbons (Fsp3) is 0.733. The molecule has 2 bridgehead atoms. The highest BCUT2D eigenvalue weighted by molar-refractivity contribution is 5.86. The summed E-state index contributed by atoms with van der Waals surface area (Å²) in [5.41, 5.74) is 0.433. The third-order valence-corrected chi connectivity index (χ3v) is 3.86. The SMILES string of the molecule is C=C(C)C(=O)OC.CC.O=C1OC2CC3CC1C2C3. The van der Waals surface area contributed by atoms with E-state index >= 15 is 0 Å². The van der Waals surface area contributed by atoms with Crippen LogP contribution in [-0.4, -0.2) is 25.2 Å². The summed E-state index contributed by atoms with van der Waals surface area (Å²) in [5, 5.41) is 0. The molecule has 2 aliphatic carbocycles. The lowest BCUT2D eigenvalue weighted by Gasteiger charge is -2.11. The van der Waals surface area contributed by atoms with Crippen molar-refractivity contribution in [2.45, 2.75) is 46.1 Å². The standard InChI is InChI=1S/C8H10O2.C5H8O2.C2H6/c9-8-6-2-4-1-5(6)7(3-4)10-8;1-4(2)5(6)7-3;1-2/h4-7H,1-3H2;1H2,2-3H3;1-2H3. The summed E-state index contributed by atoms with van der Waals surface area (Å²) >= 11 is 0. The van der Waals surface area contributed by atoms with Gasteiger partial charge < -0.3 is 9.47 Å². The smallest absolute Gasteiger partial charge is 0.332 e. The zero-order chi connectivity index (χ0) is 14.6. The molecule has 3 rings (SSSR count). The summed E-state index contributed by atoms with van der Waals surface area (Å²) in [6, 6.07) is 0. The van der Waals surface area contributed by atoms with Gasteiger partial charge in [0.2, 0.25) is 0 Å². The average Bonchev–Trinajstić information content (AvgIpc) is 3.03. The Morgan fingerprint density at radius 1 is 1.32 bits per heavy atom. The van der Waals surface area contributed by atoms with E-state index in [1.807, 2.05) is 13.8 Å². The van der Waals surface area contributed by atoms with Crippen LogP contribution in [0.3, 0.4) is 0 Å². The highest BCUT2D eigenvalue weighted by Gasteiger charge is 2.56. The third kappa shape index (κ3) is 3.37. The molecule has 3 aliphatic rings. The summed E-state index contributed by atoms with van der Waals surface area (Å²) in [7, 11) is 1.33. The molecule has 1 saturated heterocycles. The van der Waals surface area contributed by atoms with Crippen molar-refractivity contribution in [2.75, 3.05) is 7.11 Å². The molecule has 0 aromatic rings. The van der Waals surface area contributed by atoms with Crippen LogP contribution in [0.15, 0.2) is 12.2 Å². The van der Waals surface area contributed by atoms with Crippen LogP contribution < -0.4 is 0 Å². The number of hydrogen-bond acceptors (Lipinski definition) is 4. The third-order valence-electron chi connectivity index (χ3n) is 3.86. The monoisotopic (exact) mass is 268 g/mol. The predicted octanol–water partition coefficient (Wildman–Crippen LogP) is 2.72. The fourth-order valence-corrected chi connectivity index (χ4v) is 3.10. The number of carbonyl (C=O) groups excluding carboxylic acids is 2. The Hall–Kier alpha value is -1.32. The van der Waals surface area contributed by atoms with Gasteiger partial charge in [0, 0.05) is 11.5 Å². The van der Waals surface area contributed by atoms with E-state index in [1.54, 1.807) is 6.92 Å². The number of carbonyl (C=O) groups is 2. The van der Waals surface area contributed by atoms with Crippen LogP contribution in [0.4, 0.5) is 0 Å². The van der Waals surface area contributed by atoms with Crippen molar-refractivity contribution in [1.29, 1.82) is 0 Å². The van der Waals surface area contributed by atoms with Crippen LogP contribution >= 0.6 is 0 Å². The molecule has 4 nitrogen and oxygen atoms in total. The van der Waals surface area contributed by atoms with Crippen molar-refractivity contribution >= 4 is 11.9 Å². The van der Waals surface area contributed by atoms with Crippen molar-refractivity contribution < 1.29 is 19.1 Å². The van der Waals surface area contributed by atoms with Crippen molar-refractivity contribution in [3.05, 3.63) is 12.2 Å². The minimum absolute atomic E-state index is 0.0926. The zero-order valence-electron chi connectivity index (χ0n) is 12.3. The summed E-state index contributed by atoms with van der Waals surface area (Å²) in [5.74, 6) is 1.50. The first-order valence-electron chi connectivity index (χ1n) is 6.97. The summed E-state index contributed by atoms with van der Waals surface area (Å²) < 4.78 is 9.47. The molecule has 0 radical (unpaired) electrons. The molecule has 0 spiro atoms. The molecular formula is C15H24O4. The quantitative estimate of drug-likeness (QED) is 0.542. The van der Waals surface area contributed by atoms with Crippen LogP contribution in [0, 0.1) is 17.8 Å². The topological polar surface area (TPSA) is 52.6 Å². The Labute approximate surface area is 115 Å². The molecule has 1 aliphatic heterocycles. The molecule has 2 saturated carbocycles. The van der Waals surface area contributed by atoms with Gasteiger partial charge in [-0.1, -0.05) is 20.4 Å². The summed E-state index contributed by atoms with van der Waals surface area (Å²) in [6.45, 7) is 8.95. The highest BCUT2D eigenvalue weighted by Crippen LogP contribution is 2.54. The van der Waals surface area contributed by atoms with Gasteiger partial charge in [-0.15, -0.1) is 0 Å². The van der Waals surface area contributed by atoms with Gasteiger partial charge in [0.05, 0.1) is 13.0 Å². The minimum Gasteiger partial charge on any atom is -0.466 e. The second-order valence-electron chi connectivity index (χ2n) is 5.09.